The summed E-state index contributed by atoms with van der Waals surface area (Å²) in [6.45, 7) is 8.19. The number of phenolic OH excluding ortho intramolecular Hbond substituents is 1. The average molecular weight is 342 g/mol. The highest BCUT2D eigenvalue weighted by Gasteiger charge is 2.52. The zero-order chi connectivity index (χ0) is 17.5. The van der Waals surface area contributed by atoms with Crippen molar-refractivity contribution >= 4 is 36.6 Å². The predicted molar refractivity (Wildman–Crippen MR) is 104 cm³/mol. The minimum absolute atomic E-state index is 0.277. The fourth-order valence-corrected chi connectivity index (χ4v) is 2.98. The molecule has 1 saturated heterocycles. The van der Waals surface area contributed by atoms with Gasteiger partial charge >= 0.3 is 7.12 Å². The molecular formula is C19H23BO3S. The van der Waals surface area contributed by atoms with Crippen molar-refractivity contribution in [2.24, 2.45) is 0 Å². The summed E-state index contributed by atoms with van der Waals surface area (Å²) in [5, 5.41) is 11.7. The molecule has 1 aliphatic heterocycles. The van der Waals surface area contributed by atoms with E-state index in [0.29, 0.717) is 5.75 Å². The van der Waals surface area contributed by atoms with Crippen molar-refractivity contribution in [1.29, 1.82) is 0 Å². The Morgan fingerprint density at radius 1 is 1.04 bits per heavy atom. The summed E-state index contributed by atoms with van der Waals surface area (Å²) in [7, 11) is -0.386. The van der Waals surface area contributed by atoms with Crippen LogP contribution in [0.15, 0.2) is 41.9 Å². The Morgan fingerprint density at radius 3 is 2.25 bits per heavy atom. The molecule has 1 fully saturated rings. The Labute approximate surface area is 149 Å². The van der Waals surface area contributed by atoms with E-state index in [1.807, 2.05) is 45.9 Å². The standard InChI is InChI=1S/C19H23BO3S/c1-18(2)19(3,4)23-20(22-18)16(12-24)10-13-5-6-15-11-17(21)8-7-14(15)9-13/h5-11,21,24H,12H2,1-4H3. The summed E-state index contributed by atoms with van der Waals surface area (Å²) >= 11 is 4.46. The Morgan fingerprint density at radius 2 is 1.62 bits per heavy atom. The van der Waals surface area contributed by atoms with Gasteiger partial charge < -0.3 is 14.4 Å². The first kappa shape index (κ1) is 17.4. The van der Waals surface area contributed by atoms with Crippen molar-refractivity contribution in [3.8, 4) is 5.75 Å². The summed E-state index contributed by atoms with van der Waals surface area (Å²) in [6, 6.07) is 11.5. The topological polar surface area (TPSA) is 38.7 Å². The van der Waals surface area contributed by atoms with Gasteiger partial charge in [0.2, 0.25) is 0 Å². The van der Waals surface area contributed by atoms with Gasteiger partial charge in [-0.2, -0.15) is 12.6 Å². The van der Waals surface area contributed by atoms with E-state index < -0.39 is 0 Å². The zero-order valence-electron chi connectivity index (χ0n) is 14.5. The molecule has 0 unspecified atom stereocenters. The van der Waals surface area contributed by atoms with E-state index in [1.165, 1.54) is 0 Å². The Kier molecular flexibility index (Phi) is 4.45. The van der Waals surface area contributed by atoms with Crippen molar-refractivity contribution in [3.63, 3.8) is 0 Å². The zero-order valence-corrected chi connectivity index (χ0v) is 15.4. The second-order valence-corrected chi connectivity index (χ2v) is 7.57. The van der Waals surface area contributed by atoms with Crippen LogP contribution in [0.4, 0.5) is 0 Å². The van der Waals surface area contributed by atoms with Gasteiger partial charge in [-0.05, 0) is 67.7 Å². The molecule has 0 amide bonds. The minimum atomic E-state index is -0.386. The highest BCUT2D eigenvalue weighted by Crippen LogP contribution is 2.39. The van der Waals surface area contributed by atoms with E-state index in [-0.39, 0.29) is 24.1 Å². The van der Waals surface area contributed by atoms with Crippen molar-refractivity contribution in [2.45, 2.75) is 38.9 Å². The van der Waals surface area contributed by atoms with Crippen LogP contribution in [-0.4, -0.2) is 29.2 Å². The molecule has 2 aromatic carbocycles. The summed E-state index contributed by atoms with van der Waals surface area (Å²) in [5.74, 6) is 0.837. The number of fused-ring (bicyclic) bond motifs is 1. The van der Waals surface area contributed by atoms with Crippen LogP contribution in [0.25, 0.3) is 16.8 Å². The summed E-state index contributed by atoms with van der Waals surface area (Å²) in [5.41, 5.74) is 1.34. The molecule has 24 heavy (non-hydrogen) atoms. The van der Waals surface area contributed by atoms with E-state index >= 15 is 0 Å². The lowest BCUT2D eigenvalue weighted by atomic mass is 9.78. The van der Waals surface area contributed by atoms with Gasteiger partial charge in [0.25, 0.3) is 0 Å². The Hall–Kier alpha value is -1.43. The van der Waals surface area contributed by atoms with E-state index in [2.05, 4.69) is 24.8 Å². The van der Waals surface area contributed by atoms with E-state index in [0.717, 1.165) is 21.8 Å². The molecular weight excluding hydrogens is 319 g/mol. The molecule has 3 nitrogen and oxygen atoms in total. The van der Waals surface area contributed by atoms with Crippen molar-refractivity contribution in [2.75, 3.05) is 5.75 Å². The molecule has 0 saturated carbocycles. The first-order valence-corrected chi connectivity index (χ1v) is 8.75. The van der Waals surface area contributed by atoms with Crippen LogP contribution in [0, 0.1) is 0 Å². The van der Waals surface area contributed by atoms with Crippen LogP contribution in [0.3, 0.4) is 0 Å². The SMILES string of the molecule is CC1(C)OB(C(=Cc2ccc3cc(O)ccc3c2)CS)OC1(C)C. The number of thiol groups is 1. The Bertz CT molecular complexity index is 782. The average Bonchev–Trinajstić information content (AvgIpc) is 2.73. The highest BCUT2D eigenvalue weighted by molar-refractivity contribution is 7.80. The molecule has 1 aliphatic rings. The van der Waals surface area contributed by atoms with E-state index in [1.54, 1.807) is 12.1 Å². The van der Waals surface area contributed by atoms with Crippen LogP contribution in [0.5, 0.6) is 5.75 Å². The molecule has 0 radical (unpaired) electrons. The smallest absolute Gasteiger partial charge is 0.491 e. The van der Waals surface area contributed by atoms with E-state index in [9.17, 15) is 5.11 Å². The molecule has 126 valence electrons. The maximum atomic E-state index is 9.57. The summed E-state index contributed by atoms with van der Waals surface area (Å²) in [4.78, 5) is 0. The number of aromatic hydroxyl groups is 1. The molecule has 5 heteroatoms. The molecule has 0 bridgehead atoms. The maximum Gasteiger partial charge on any atom is 0.491 e. The van der Waals surface area contributed by atoms with Gasteiger partial charge in [-0.1, -0.05) is 24.3 Å². The number of benzene rings is 2. The molecule has 1 heterocycles. The monoisotopic (exact) mass is 342 g/mol. The molecule has 0 spiro atoms. The van der Waals surface area contributed by atoms with Crippen molar-refractivity contribution in [1.82, 2.24) is 0 Å². The number of hydrogen-bond donors (Lipinski definition) is 2. The molecule has 2 aromatic rings. The molecule has 3 rings (SSSR count). The lowest BCUT2D eigenvalue weighted by molar-refractivity contribution is 0.00578. The first-order chi connectivity index (χ1) is 11.2. The molecule has 0 aliphatic carbocycles. The Balaban J connectivity index is 1.92. The second kappa shape index (κ2) is 6.14. The number of hydrogen-bond acceptors (Lipinski definition) is 4. The summed E-state index contributed by atoms with van der Waals surface area (Å²) < 4.78 is 12.2. The third-order valence-corrected chi connectivity index (χ3v) is 5.30. The van der Waals surface area contributed by atoms with Gasteiger partial charge in [0.15, 0.2) is 0 Å². The van der Waals surface area contributed by atoms with Crippen molar-refractivity contribution in [3.05, 3.63) is 47.4 Å². The number of rotatable bonds is 3. The van der Waals surface area contributed by atoms with Gasteiger partial charge in [-0.15, -0.1) is 0 Å². The summed E-state index contributed by atoms with van der Waals surface area (Å²) in [6.07, 6.45) is 2.07. The third kappa shape index (κ3) is 3.21. The van der Waals surface area contributed by atoms with Gasteiger partial charge in [0.1, 0.15) is 5.75 Å². The maximum absolute atomic E-state index is 9.57. The fourth-order valence-electron chi connectivity index (χ4n) is 2.74. The van der Waals surface area contributed by atoms with Crippen LogP contribution >= 0.6 is 12.6 Å². The quantitative estimate of drug-likeness (QED) is 0.638. The van der Waals surface area contributed by atoms with Gasteiger partial charge in [-0.25, -0.2) is 0 Å². The predicted octanol–water partition coefficient (Wildman–Crippen LogP) is 4.49. The largest absolute Gasteiger partial charge is 0.508 e. The lowest BCUT2D eigenvalue weighted by Crippen LogP contribution is -2.41. The van der Waals surface area contributed by atoms with Crippen LogP contribution in [-0.2, 0) is 9.31 Å². The lowest BCUT2D eigenvalue weighted by Gasteiger charge is -2.32. The third-order valence-electron chi connectivity index (χ3n) is 4.94. The normalized spacial score (nSPS) is 19.9. The van der Waals surface area contributed by atoms with Crippen molar-refractivity contribution < 1.29 is 14.4 Å². The van der Waals surface area contributed by atoms with Crippen LogP contribution < -0.4 is 0 Å². The minimum Gasteiger partial charge on any atom is -0.508 e. The molecule has 1 N–H and O–H groups in total. The van der Waals surface area contributed by atoms with Crippen LogP contribution in [0.1, 0.15) is 33.3 Å². The highest BCUT2D eigenvalue weighted by atomic mass is 32.1. The first-order valence-electron chi connectivity index (χ1n) is 8.12. The van der Waals surface area contributed by atoms with Gasteiger partial charge in [-0.3, -0.25) is 0 Å². The van der Waals surface area contributed by atoms with Crippen LogP contribution in [0.2, 0.25) is 0 Å². The van der Waals surface area contributed by atoms with Gasteiger partial charge in [0.05, 0.1) is 11.2 Å². The molecule has 0 aromatic heterocycles. The molecule has 0 atom stereocenters. The number of phenols is 1. The fraction of sp³-hybridized carbons (Fsp3) is 0.368. The van der Waals surface area contributed by atoms with E-state index in [4.69, 9.17) is 9.31 Å². The second-order valence-electron chi connectivity index (χ2n) is 7.26. The van der Waals surface area contributed by atoms with Gasteiger partial charge in [0, 0.05) is 5.75 Å².